The van der Waals surface area contributed by atoms with Crippen LogP contribution < -0.4 is 4.90 Å². The van der Waals surface area contributed by atoms with Crippen molar-refractivity contribution in [3.63, 3.8) is 0 Å². The summed E-state index contributed by atoms with van der Waals surface area (Å²) in [6, 6.07) is 0.700. The summed E-state index contributed by atoms with van der Waals surface area (Å²) >= 11 is 0. The van der Waals surface area contributed by atoms with E-state index in [1.54, 1.807) is 0 Å². The van der Waals surface area contributed by atoms with E-state index in [1.807, 2.05) is 31.4 Å². The number of likely N-dealkylation sites (tertiary alicyclic amines) is 2. The molecule has 6 heteroatoms. The molecule has 0 aliphatic carbocycles. The van der Waals surface area contributed by atoms with Gasteiger partial charge in [-0.2, -0.15) is 0 Å². The fraction of sp³-hybridized carbons (Fsp3) is 0.765. The summed E-state index contributed by atoms with van der Waals surface area (Å²) in [5.74, 6) is 0.764. The lowest BCUT2D eigenvalue weighted by Crippen LogP contribution is -2.48. The van der Waals surface area contributed by atoms with E-state index in [4.69, 9.17) is 0 Å². The van der Waals surface area contributed by atoms with Crippen LogP contribution in [0.2, 0.25) is 0 Å². The first-order valence-corrected chi connectivity index (χ1v) is 8.74. The molecular formula is C17H29N5O. The molecule has 2 aliphatic heterocycles. The van der Waals surface area contributed by atoms with Crippen molar-refractivity contribution < 1.29 is 5.11 Å². The highest BCUT2D eigenvalue weighted by Gasteiger charge is 2.27. The summed E-state index contributed by atoms with van der Waals surface area (Å²) in [6.07, 6.45) is 8.16. The summed E-state index contributed by atoms with van der Waals surface area (Å²) < 4.78 is 0. The molecular weight excluding hydrogens is 290 g/mol. The van der Waals surface area contributed by atoms with Gasteiger partial charge in [0.15, 0.2) is 0 Å². The first-order valence-electron chi connectivity index (χ1n) is 8.74. The maximum absolute atomic E-state index is 9.64. The molecule has 0 bridgehead atoms. The van der Waals surface area contributed by atoms with Gasteiger partial charge in [-0.1, -0.05) is 0 Å². The number of aliphatic hydroxyl groups excluding tert-OH is 1. The number of anilines is 1. The van der Waals surface area contributed by atoms with E-state index in [-0.39, 0.29) is 6.10 Å². The number of aliphatic hydroxyl groups is 1. The fourth-order valence-electron chi connectivity index (χ4n) is 3.61. The van der Waals surface area contributed by atoms with Gasteiger partial charge >= 0.3 is 0 Å². The monoisotopic (exact) mass is 319 g/mol. The van der Waals surface area contributed by atoms with Crippen LogP contribution in [0.25, 0.3) is 0 Å². The third kappa shape index (κ3) is 4.40. The third-order valence-electron chi connectivity index (χ3n) is 5.07. The fourth-order valence-corrected chi connectivity index (χ4v) is 3.61. The van der Waals surface area contributed by atoms with Gasteiger partial charge in [0.05, 0.1) is 6.10 Å². The highest BCUT2D eigenvalue weighted by atomic mass is 16.3. The SMILES string of the molecule is CN(C)c1ncc(CN2CCC(N3CCC(O)CC3)CC2)cn1. The van der Waals surface area contributed by atoms with Crippen LogP contribution in [0.1, 0.15) is 31.2 Å². The minimum atomic E-state index is -0.0727. The van der Waals surface area contributed by atoms with Gasteiger partial charge in [-0.15, -0.1) is 0 Å². The maximum atomic E-state index is 9.64. The molecule has 0 atom stereocenters. The zero-order valence-electron chi connectivity index (χ0n) is 14.4. The molecule has 23 heavy (non-hydrogen) atoms. The molecule has 0 saturated carbocycles. The van der Waals surface area contributed by atoms with Gasteiger partial charge in [0.2, 0.25) is 5.95 Å². The Morgan fingerprint density at radius 2 is 1.65 bits per heavy atom. The lowest BCUT2D eigenvalue weighted by Gasteiger charge is -2.41. The van der Waals surface area contributed by atoms with Crippen molar-refractivity contribution >= 4 is 5.95 Å². The van der Waals surface area contributed by atoms with Crippen molar-refractivity contribution in [2.24, 2.45) is 0 Å². The number of piperidine rings is 2. The first-order chi connectivity index (χ1) is 11.1. The molecule has 1 N–H and O–H groups in total. The quantitative estimate of drug-likeness (QED) is 0.892. The zero-order valence-corrected chi connectivity index (χ0v) is 14.4. The molecule has 2 fully saturated rings. The molecule has 0 radical (unpaired) electrons. The highest BCUT2D eigenvalue weighted by Crippen LogP contribution is 2.22. The largest absolute Gasteiger partial charge is 0.393 e. The molecule has 0 unspecified atom stereocenters. The Balaban J connectivity index is 1.45. The third-order valence-corrected chi connectivity index (χ3v) is 5.07. The van der Waals surface area contributed by atoms with E-state index in [0.29, 0.717) is 6.04 Å². The van der Waals surface area contributed by atoms with Gasteiger partial charge in [-0.05, 0) is 38.8 Å². The van der Waals surface area contributed by atoms with Gasteiger partial charge in [0.1, 0.15) is 0 Å². The molecule has 1 aromatic heterocycles. The zero-order chi connectivity index (χ0) is 16.2. The summed E-state index contributed by atoms with van der Waals surface area (Å²) in [7, 11) is 3.92. The Kier molecular flexibility index (Phi) is 5.46. The standard InChI is InChI=1S/C17H29N5O/c1-20(2)17-18-11-14(12-19-17)13-21-7-3-15(4-8-21)22-9-5-16(23)6-10-22/h11-12,15-16,23H,3-10,13H2,1-2H3. The van der Waals surface area contributed by atoms with Gasteiger partial charge in [0.25, 0.3) is 0 Å². The molecule has 6 nitrogen and oxygen atoms in total. The normalized spacial score (nSPS) is 22.4. The maximum Gasteiger partial charge on any atom is 0.224 e. The second kappa shape index (κ2) is 7.55. The molecule has 2 saturated heterocycles. The van der Waals surface area contributed by atoms with Gasteiger partial charge in [-0.3, -0.25) is 4.90 Å². The Hall–Kier alpha value is -1.24. The van der Waals surface area contributed by atoms with E-state index in [9.17, 15) is 5.11 Å². The van der Waals surface area contributed by atoms with Crippen LogP contribution in [0.4, 0.5) is 5.95 Å². The van der Waals surface area contributed by atoms with Crippen LogP contribution in [0.15, 0.2) is 12.4 Å². The Morgan fingerprint density at radius 3 is 2.22 bits per heavy atom. The topological polar surface area (TPSA) is 55.7 Å². The van der Waals surface area contributed by atoms with Crippen LogP contribution in [0, 0.1) is 0 Å². The van der Waals surface area contributed by atoms with E-state index in [1.165, 1.54) is 18.4 Å². The van der Waals surface area contributed by atoms with Gasteiger partial charge in [-0.25, -0.2) is 9.97 Å². The molecule has 3 heterocycles. The summed E-state index contributed by atoms with van der Waals surface area (Å²) in [5, 5.41) is 9.64. The second-order valence-corrected chi connectivity index (χ2v) is 7.06. The van der Waals surface area contributed by atoms with Crippen LogP contribution >= 0.6 is 0 Å². The predicted octanol–water partition coefficient (Wildman–Crippen LogP) is 0.964. The Labute approximate surface area is 139 Å². The average Bonchev–Trinajstić information content (AvgIpc) is 2.57. The van der Waals surface area contributed by atoms with Gasteiger partial charge < -0.3 is 14.9 Å². The van der Waals surface area contributed by atoms with E-state index in [0.717, 1.165) is 51.5 Å². The van der Waals surface area contributed by atoms with Crippen LogP contribution in [0.3, 0.4) is 0 Å². The van der Waals surface area contributed by atoms with E-state index < -0.39 is 0 Å². The molecule has 0 amide bonds. The molecule has 1 aromatic rings. The summed E-state index contributed by atoms with van der Waals surface area (Å²) in [5.41, 5.74) is 1.19. The lowest BCUT2D eigenvalue weighted by molar-refractivity contribution is 0.0375. The summed E-state index contributed by atoms with van der Waals surface area (Å²) in [4.78, 5) is 15.8. The Morgan fingerprint density at radius 1 is 1.04 bits per heavy atom. The lowest BCUT2D eigenvalue weighted by atomic mass is 9.99. The predicted molar refractivity (Wildman–Crippen MR) is 91.5 cm³/mol. The first kappa shape index (κ1) is 16.6. The van der Waals surface area contributed by atoms with Crippen molar-refractivity contribution in [3.05, 3.63) is 18.0 Å². The number of rotatable bonds is 4. The average molecular weight is 319 g/mol. The van der Waals surface area contributed by atoms with Crippen molar-refractivity contribution in [2.45, 2.75) is 44.4 Å². The minimum absolute atomic E-state index is 0.0727. The smallest absolute Gasteiger partial charge is 0.224 e. The molecule has 0 aromatic carbocycles. The summed E-state index contributed by atoms with van der Waals surface area (Å²) in [6.45, 7) is 5.34. The second-order valence-electron chi connectivity index (χ2n) is 7.06. The van der Waals surface area contributed by atoms with Crippen molar-refractivity contribution in [1.29, 1.82) is 0 Å². The number of nitrogens with zero attached hydrogens (tertiary/aromatic N) is 5. The number of hydrogen-bond acceptors (Lipinski definition) is 6. The molecule has 128 valence electrons. The van der Waals surface area contributed by atoms with Crippen LogP contribution in [-0.4, -0.2) is 77.3 Å². The van der Waals surface area contributed by atoms with Crippen molar-refractivity contribution in [3.8, 4) is 0 Å². The van der Waals surface area contributed by atoms with Crippen LogP contribution in [0.5, 0.6) is 0 Å². The molecule has 3 rings (SSSR count). The van der Waals surface area contributed by atoms with Crippen molar-refractivity contribution in [2.75, 3.05) is 45.2 Å². The highest BCUT2D eigenvalue weighted by molar-refractivity contribution is 5.26. The Bertz CT molecular complexity index is 476. The number of hydrogen-bond donors (Lipinski definition) is 1. The molecule has 2 aliphatic rings. The van der Waals surface area contributed by atoms with E-state index in [2.05, 4.69) is 19.8 Å². The minimum Gasteiger partial charge on any atom is -0.393 e. The van der Waals surface area contributed by atoms with E-state index >= 15 is 0 Å². The van der Waals surface area contributed by atoms with Gasteiger partial charge in [0, 0.05) is 57.7 Å². The number of aromatic nitrogens is 2. The van der Waals surface area contributed by atoms with Crippen molar-refractivity contribution in [1.82, 2.24) is 19.8 Å². The molecule has 0 spiro atoms. The van der Waals surface area contributed by atoms with Crippen LogP contribution in [-0.2, 0) is 6.54 Å².